The molecule has 0 radical (unpaired) electrons. The van der Waals surface area contributed by atoms with Gasteiger partial charge in [0.05, 0.1) is 5.56 Å². The van der Waals surface area contributed by atoms with Crippen LogP contribution in [0.5, 0.6) is 0 Å². The fourth-order valence-electron chi connectivity index (χ4n) is 2.28. The number of rotatable bonds is 4. The summed E-state index contributed by atoms with van der Waals surface area (Å²) in [5.41, 5.74) is 0.0297. The highest BCUT2D eigenvalue weighted by Crippen LogP contribution is 2.34. The summed E-state index contributed by atoms with van der Waals surface area (Å²) in [7, 11) is -4.09. The van der Waals surface area contributed by atoms with Crippen LogP contribution in [0.15, 0.2) is 29.2 Å². The van der Waals surface area contributed by atoms with Crippen LogP contribution in [0, 0.1) is 5.92 Å². The van der Waals surface area contributed by atoms with Gasteiger partial charge < -0.3 is 5.11 Å². The molecular weight excluding hydrogens is 282 g/mol. The van der Waals surface area contributed by atoms with Gasteiger partial charge >= 0.3 is 5.97 Å². The molecule has 0 spiro atoms. The summed E-state index contributed by atoms with van der Waals surface area (Å²) in [4.78, 5) is 23.5. The maximum atomic E-state index is 12.4. The highest BCUT2D eigenvalue weighted by atomic mass is 32.2. The molecule has 1 aromatic carbocycles. The SMILES string of the molecule is CCC(C)[C@@H](C(=O)O)N1C(=O)c2ccccc2S1(=O)=O. The maximum absolute atomic E-state index is 12.4. The normalized spacial score (nSPS) is 19.5. The lowest BCUT2D eigenvalue weighted by atomic mass is 9.99. The van der Waals surface area contributed by atoms with Gasteiger partial charge in [0.2, 0.25) is 0 Å². The van der Waals surface area contributed by atoms with E-state index in [1.807, 2.05) is 0 Å². The summed E-state index contributed by atoms with van der Waals surface area (Å²) >= 11 is 0. The van der Waals surface area contributed by atoms with Crippen molar-refractivity contribution in [3.8, 4) is 0 Å². The zero-order valence-corrected chi connectivity index (χ0v) is 11.9. The molecule has 0 aliphatic carbocycles. The van der Waals surface area contributed by atoms with Crippen LogP contribution in [-0.2, 0) is 14.8 Å². The topological polar surface area (TPSA) is 91.8 Å². The molecule has 7 heteroatoms. The first-order chi connectivity index (χ1) is 9.32. The zero-order chi connectivity index (χ0) is 15.1. The molecule has 1 aliphatic rings. The number of sulfonamides is 1. The Labute approximate surface area is 117 Å². The number of hydrogen-bond acceptors (Lipinski definition) is 4. The van der Waals surface area contributed by atoms with Crippen molar-refractivity contribution in [3.63, 3.8) is 0 Å². The van der Waals surface area contributed by atoms with Crippen LogP contribution in [0.3, 0.4) is 0 Å². The van der Waals surface area contributed by atoms with E-state index < -0.39 is 33.9 Å². The minimum Gasteiger partial charge on any atom is -0.480 e. The van der Waals surface area contributed by atoms with Crippen LogP contribution < -0.4 is 0 Å². The first-order valence-corrected chi connectivity index (χ1v) is 7.67. The Balaban J connectivity index is 2.60. The monoisotopic (exact) mass is 297 g/mol. The summed E-state index contributed by atoms with van der Waals surface area (Å²) in [5, 5.41) is 9.31. The fraction of sp³-hybridized carbons (Fsp3) is 0.385. The Morgan fingerprint density at radius 2 is 1.95 bits per heavy atom. The molecule has 2 rings (SSSR count). The predicted octanol–water partition coefficient (Wildman–Crippen LogP) is 1.33. The summed E-state index contributed by atoms with van der Waals surface area (Å²) in [6.07, 6.45) is 0.451. The van der Waals surface area contributed by atoms with Crippen molar-refractivity contribution in [1.29, 1.82) is 0 Å². The van der Waals surface area contributed by atoms with Crippen LogP contribution in [0.4, 0.5) is 0 Å². The lowest BCUT2D eigenvalue weighted by molar-refractivity contribution is -0.142. The largest absolute Gasteiger partial charge is 0.480 e. The van der Waals surface area contributed by atoms with Gasteiger partial charge in [0.25, 0.3) is 15.9 Å². The second kappa shape index (κ2) is 4.90. The van der Waals surface area contributed by atoms with Gasteiger partial charge in [0, 0.05) is 0 Å². The average Bonchev–Trinajstić information content (AvgIpc) is 2.60. The lowest BCUT2D eigenvalue weighted by Gasteiger charge is -2.27. The third-order valence-electron chi connectivity index (χ3n) is 3.54. The lowest BCUT2D eigenvalue weighted by Crippen LogP contribution is -2.48. The van der Waals surface area contributed by atoms with Gasteiger partial charge in [-0.3, -0.25) is 4.79 Å². The molecule has 20 heavy (non-hydrogen) atoms. The molecule has 1 heterocycles. The zero-order valence-electron chi connectivity index (χ0n) is 11.1. The van der Waals surface area contributed by atoms with E-state index in [9.17, 15) is 23.1 Å². The van der Waals surface area contributed by atoms with Gasteiger partial charge in [-0.05, 0) is 18.1 Å². The minimum absolute atomic E-state index is 0.0297. The van der Waals surface area contributed by atoms with Crippen LogP contribution in [0.2, 0.25) is 0 Å². The van der Waals surface area contributed by atoms with E-state index in [1.54, 1.807) is 19.9 Å². The number of hydrogen-bond donors (Lipinski definition) is 1. The Kier molecular flexibility index (Phi) is 3.56. The molecular formula is C13H15NO5S. The van der Waals surface area contributed by atoms with Gasteiger partial charge in [-0.1, -0.05) is 32.4 Å². The number of carbonyl (C=O) groups is 2. The maximum Gasteiger partial charge on any atom is 0.327 e. The quantitative estimate of drug-likeness (QED) is 0.905. The van der Waals surface area contributed by atoms with Crippen molar-refractivity contribution < 1.29 is 23.1 Å². The van der Waals surface area contributed by atoms with Crippen molar-refractivity contribution in [2.24, 2.45) is 5.92 Å². The van der Waals surface area contributed by atoms with E-state index in [1.165, 1.54) is 18.2 Å². The molecule has 1 amide bonds. The molecule has 6 nitrogen and oxygen atoms in total. The van der Waals surface area contributed by atoms with Crippen molar-refractivity contribution in [3.05, 3.63) is 29.8 Å². The number of carboxylic acid groups (broad SMARTS) is 1. The molecule has 1 unspecified atom stereocenters. The molecule has 0 saturated heterocycles. The van der Waals surface area contributed by atoms with E-state index in [2.05, 4.69) is 0 Å². The van der Waals surface area contributed by atoms with E-state index >= 15 is 0 Å². The third kappa shape index (κ3) is 1.98. The van der Waals surface area contributed by atoms with E-state index in [0.29, 0.717) is 10.7 Å². The first kappa shape index (κ1) is 14.5. The van der Waals surface area contributed by atoms with Crippen LogP contribution in [0.25, 0.3) is 0 Å². The van der Waals surface area contributed by atoms with Crippen LogP contribution in [-0.4, -0.2) is 35.7 Å². The second-order valence-electron chi connectivity index (χ2n) is 4.77. The van der Waals surface area contributed by atoms with Gasteiger partial charge in [0.1, 0.15) is 10.9 Å². The van der Waals surface area contributed by atoms with E-state index in [4.69, 9.17) is 0 Å². The molecule has 0 bridgehead atoms. The number of nitrogens with zero attached hydrogens (tertiary/aromatic N) is 1. The summed E-state index contributed by atoms with van der Waals surface area (Å²) in [6, 6.07) is 4.38. The summed E-state index contributed by atoms with van der Waals surface area (Å²) < 4.78 is 25.3. The fourth-order valence-corrected chi connectivity index (χ4v) is 4.09. The number of aliphatic carboxylic acids is 1. The highest BCUT2D eigenvalue weighted by Gasteiger charge is 2.48. The van der Waals surface area contributed by atoms with Crippen molar-refractivity contribution in [2.75, 3.05) is 0 Å². The van der Waals surface area contributed by atoms with Gasteiger partial charge in [-0.15, -0.1) is 0 Å². The Hall–Kier alpha value is -1.89. The number of carbonyl (C=O) groups excluding carboxylic acids is 1. The molecule has 108 valence electrons. The molecule has 2 atom stereocenters. The van der Waals surface area contributed by atoms with Gasteiger partial charge in [0.15, 0.2) is 0 Å². The smallest absolute Gasteiger partial charge is 0.327 e. The Morgan fingerprint density at radius 3 is 2.45 bits per heavy atom. The summed E-state index contributed by atoms with van der Waals surface area (Å²) in [6.45, 7) is 3.37. The molecule has 0 fully saturated rings. The highest BCUT2D eigenvalue weighted by molar-refractivity contribution is 7.90. The van der Waals surface area contributed by atoms with E-state index in [-0.39, 0.29) is 10.5 Å². The number of fused-ring (bicyclic) bond motifs is 1. The molecule has 1 N–H and O–H groups in total. The van der Waals surface area contributed by atoms with Crippen molar-refractivity contribution in [1.82, 2.24) is 4.31 Å². The second-order valence-corrected chi connectivity index (χ2v) is 6.55. The summed E-state index contributed by atoms with van der Waals surface area (Å²) in [5.74, 6) is -2.56. The van der Waals surface area contributed by atoms with E-state index in [0.717, 1.165) is 0 Å². The molecule has 1 aromatic rings. The first-order valence-electron chi connectivity index (χ1n) is 6.23. The predicted molar refractivity (Wildman–Crippen MR) is 70.7 cm³/mol. The Morgan fingerprint density at radius 1 is 1.35 bits per heavy atom. The van der Waals surface area contributed by atoms with Crippen molar-refractivity contribution >= 4 is 21.9 Å². The van der Waals surface area contributed by atoms with Crippen LogP contribution >= 0.6 is 0 Å². The Bertz CT molecular complexity index is 667. The van der Waals surface area contributed by atoms with Gasteiger partial charge in [-0.2, -0.15) is 0 Å². The molecule has 0 aromatic heterocycles. The van der Waals surface area contributed by atoms with Crippen LogP contribution in [0.1, 0.15) is 30.6 Å². The minimum atomic E-state index is -4.09. The van der Waals surface area contributed by atoms with Crippen molar-refractivity contribution in [2.45, 2.75) is 31.2 Å². The number of benzene rings is 1. The third-order valence-corrected chi connectivity index (χ3v) is 5.37. The van der Waals surface area contributed by atoms with Gasteiger partial charge in [-0.25, -0.2) is 17.5 Å². The molecule has 1 aliphatic heterocycles. The number of amides is 1. The standard InChI is InChI=1S/C13H15NO5S/c1-3-8(2)11(13(16)17)14-12(15)9-6-4-5-7-10(9)20(14,18)19/h4-8,11H,3H2,1-2H3,(H,16,17)/t8?,11-/m0/s1. The number of carboxylic acids is 1. The average molecular weight is 297 g/mol. The molecule has 0 saturated carbocycles.